The predicted molar refractivity (Wildman–Crippen MR) is 114 cm³/mol. The van der Waals surface area contributed by atoms with Crippen LogP contribution in [0.15, 0.2) is 59.5 Å². The van der Waals surface area contributed by atoms with E-state index in [1.807, 2.05) is 30.3 Å². The van der Waals surface area contributed by atoms with E-state index in [0.29, 0.717) is 37.7 Å². The van der Waals surface area contributed by atoms with Gasteiger partial charge in [-0.25, -0.2) is 8.42 Å². The van der Waals surface area contributed by atoms with Gasteiger partial charge in [-0.1, -0.05) is 42.5 Å². The fourth-order valence-electron chi connectivity index (χ4n) is 3.86. The summed E-state index contributed by atoms with van der Waals surface area (Å²) < 4.78 is 31.2. The Morgan fingerprint density at radius 3 is 2.39 bits per heavy atom. The molecule has 2 heterocycles. The monoisotopic (exact) mass is 446 g/mol. The minimum absolute atomic E-state index is 0.0276. The van der Waals surface area contributed by atoms with Gasteiger partial charge in [-0.05, 0) is 23.3 Å². The Bertz CT molecular complexity index is 996. The third-order valence-corrected chi connectivity index (χ3v) is 6.95. The van der Waals surface area contributed by atoms with Gasteiger partial charge in [-0.2, -0.15) is 0 Å². The van der Waals surface area contributed by atoms with Gasteiger partial charge >= 0.3 is 0 Å². The molecule has 2 aliphatic rings. The molecule has 31 heavy (non-hydrogen) atoms. The standard InChI is InChI=1S/C21H24N2O4S.CH2O2/c24-21-18-11-23(12-19(22-21)14-27-13-18)10-16-6-4-5-7-17(16)15-28(25,26)20-8-2-1-3-9-20;2-1-3/h1-9,18-19H,10-15H2,(H,22,24);1H,(H,2,3)/t18-,19+;/m1./s1. The Labute approximate surface area is 181 Å². The van der Waals surface area contributed by atoms with E-state index in [2.05, 4.69) is 10.2 Å². The molecule has 8 nitrogen and oxygen atoms in total. The van der Waals surface area contributed by atoms with Crippen LogP contribution in [0.25, 0.3) is 0 Å². The molecule has 4 rings (SSSR count). The van der Waals surface area contributed by atoms with E-state index in [9.17, 15) is 13.2 Å². The molecule has 2 aliphatic heterocycles. The lowest BCUT2D eigenvalue weighted by Gasteiger charge is -2.28. The second-order valence-electron chi connectivity index (χ2n) is 7.58. The van der Waals surface area contributed by atoms with Gasteiger partial charge < -0.3 is 15.2 Å². The highest BCUT2D eigenvalue weighted by atomic mass is 32.2. The van der Waals surface area contributed by atoms with Gasteiger partial charge in [0.1, 0.15) is 0 Å². The highest BCUT2D eigenvalue weighted by Crippen LogP contribution is 2.22. The summed E-state index contributed by atoms with van der Waals surface area (Å²) in [6.07, 6.45) is 0. The largest absolute Gasteiger partial charge is 0.483 e. The molecule has 0 spiro atoms. The van der Waals surface area contributed by atoms with Crippen molar-refractivity contribution in [2.75, 3.05) is 26.3 Å². The number of hydrogen-bond donors (Lipinski definition) is 2. The summed E-state index contributed by atoms with van der Waals surface area (Å²) in [4.78, 5) is 23.1. The second kappa shape index (κ2) is 10.5. The number of hydrogen-bond acceptors (Lipinski definition) is 6. The summed E-state index contributed by atoms with van der Waals surface area (Å²) in [6, 6.07) is 16.2. The number of benzene rings is 2. The minimum Gasteiger partial charge on any atom is -0.483 e. The summed E-state index contributed by atoms with van der Waals surface area (Å²) >= 11 is 0. The molecule has 2 fully saturated rings. The number of carbonyl (C=O) groups excluding carboxylic acids is 1. The van der Waals surface area contributed by atoms with E-state index in [4.69, 9.17) is 14.6 Å². The smallest absolute Gasteiger partial charge is 0.290 e. The first kappa shape index (κ1) is 22.9. The number of fused-ring (bicyclic) bond motifs is 3. The minimum atomic E-state index is -3.41. The molecule has 2 atom stereocenters. The van der Waals surface area contributed by atoms with Crippen LogP contribution >= 0.6 is 0 Å². The number of nitrogens with one attached hydrogen (secondary N) is 1. The Morgan fingerprint density at radius 2 is 1.68 bits per heavy atom. The van der Waals surface area contributed by atoms with Gasteiger partial charge in [0.15, 0.2) is 9.84 Å². The average Bonchev–Trinajstić information content (AvgIpc) is 2.99. The maximum atomic E-state index is 12.8. The third-order valence-electron chi connectivity index (χ3n) is 5.27. The van der Waals surface area contributed by atoms with E-state index in [0.717, 1.165) is 11.1 Å². The zero-order chi connectivity index (χ0) is 22.3. The molecule has 0 aromatic heterocycles. The molecule has 2 bridgehead atoms. The van der Waals surface area contributed by atoms with Gasteiger partial charge in [0.25, 0.3) is 6.47 Å². The molecule has 9 heteroatoms. The molecule has 2 aromatic rings. The van der Waals surface area contributed by atoms with Crippen LogP contribution in [0.3, 0.4) is 0 Å². The maximum Gasteiger partial charge on any atom is 0.290 e. The van der Waals surface area contributed by atoms with Crippen LogP contribution in [-0.2, 0) is 36.5 Å². The summed E-state index contributed by atoms with van der Waals surface area (Å²) in [7, 11) is -3.41. The maximum absolute atomic E-state index is 12.8. The summed E-state index contributed by atoms with van der Waals surface area (Å²) in [5.74, 6) is -0.175. The lowest BCUT2D eigenvalue weighted by molar-refractivity contribution is -0.125. The third kappa shape index (κ3) is 6.13. The van der Waals surface area contributed by atoms with E-state index in [-0.39, 0.29) is 30.1 Å². The fraction of sp³-hybridized carbons (Fsp3) is 0.364. The molecule has 2 saturated heterocycles. The number of ether oxygens (including phenoxy) is 1. The highest BCUT2D eigenvalue weighted by Gasteiger charge is 2.33. The zero-order valence-corrected chi connectivity index (χ0v) is 17.8. The molecule has 2 N–H and O–H groups in total. The van der Waals surface area contributed by atoms with Gasteiger partial charge in [0.2, 0.25) is 5.91 Å². The van der Waals surface area contributed by atoms with Crippen LogP contribution < -0.4 is 5.32 Å². The Balaban J connectivity index is 0.000000858. The molecular weight excluding hydrogens is 420 g/mol. The lowest BCUT2D eigenvalue weighted by atomic mass is 10.1. The van der Waals surface area contributed by atoms with Crippen molar-refractivity contribution in [3.8, 4) is 0 Å². The number of carbonyl (C=O) groups is 2. The second-order valence-corrected chi connectivity index (χ2v) is 9.57. The number of sulfone groups is 1. The van der Waals surface area contributed by atoms with Gasteiger partial charge in [-0.15, -0.1) is 0 Å². The van der Waals surface area contributed by atoms with Gasteiger partial charge in [0.05, 0.1) is 35.8 Å². The van der Waals surface area contributed by atoms with Crippen LogP contribution in [0.1, 0.15) is 11.1 Å². The van der Waals surface area contributed by atoms with Gasteiger partial charge in [0, 0.05) is 19.6 Å². The van der Waals surface area contributed by atoms with Crippen molar-refractivity contribution >= 4 is 22.2 Å². The van der Waals surface area contributed by atoms with Crippen LogP contribution in [0.5, 0.6) is 0 Å². The topological polar surface area (TPSA) is 113 Å². The molecular formula is C22H26N2O6S. The molecule has 166 valence electrons. The van der Waals surface area contributed by atoms with Crippen LogP contribution in [-0.4, -0.2) is 63.1 Å². The Kier molecular flexibility index (Phi) is 7.78. The van der Waals surface area contributed by atoms with Crippen molar-refractivity contribution < 1.29 is 27.9 Å². The molecule has 0 aliphatic carbocycles. The molecule has 0 unspecified atom stereocenters. The van der Waals surface area contributed by atoms with Gasteiger partial charge in [-0.3, -0.25) is 14.5 Å². The first-order chi connectivity index (χ1) is 14.9. The average molecular weight is 447 g/mol. The van der Waals surface area contributed by atoms with Crippen LogP contribution in [0.4, 0.5) is 0 Å². The van der Waals surface area contributed by atoms with Crippen molar-refractivity contribution in [3.63, 3.8) is 0 Å². The Morgan fingerprint density at radius 1 is 1.03 bits per heavy atom. The summed E-state index contributed by atoms with van der Waals surface area (Å²) in [5.41, 5.74) is 1.78. The van der Waals surface area contributed by atoms with Crippen LogP contribution in [0, 0.1) is 5.92 Å². The highest BCUT2D eigenvalue weighted by molar-refractivity contribution is 7.90. The van der Waals surface area contributed by atoms with Crippen molar-refractivity contribution in [1.29, 1.82) is 0 Å². The van der Waals surface area contributed by atoms with Crippen molar-refractivity contribution in [2.24, 2.45) is 5.92 Å². The molecule has 1 amide bonds. The number of rotatable bonds is 5. The van der Waals surface area contributed by atoms with E-state index in [1.54, 1.807) is 24.3 Å². The fourth-order valence-corrected chi connectivity index (χ4v) is 5.29. The van der Waals surface area contributed by atoms with Crippen LogP contribution in [0.2, 0.25) is 0 Å². The van der Waals surface area contributed by atoms with E-state index in [1.165, 1.54) is 0 Å². The molecule has 0 saturated carbocycles. The quantitative estimate of drug-likeness (QED) is 0.666. The number of carboxylic acid groups (broad SMARTS) is 1. The number of nitrogens with zero attached hydrogens (tertiary/aromatic N) is 1. The van der Waals surface area contributed by atoms with E-state index >= 15 is 0 Å². The predicted octanol–water partition coefficient (Wildman–Crippen LogP) is 1.31. The molecule has 0 radical (unpaired) electrons. The number of amides is 1. The SMILES string of the molecule is O=C1N[C@@H]2COC[C@H]1CN(Cc1ccccc1CS(=O)(=O)c1ccccc1)C2.O=CO. The summed E-state index contributed by atoms with van der Waals surface area (Å²) in [5, 5.41) is 9.92. The van der Waals surface area contributed by atoms with Crippen molar-refractivity contribution in [1.82, 2.24) is 10.2 Å². The summed E-state index contributed by atoms with van der Waals surface area (Å²) in [6.45, 7) is 2.62. The zero-order valence-electron chi connectivity index (χ0n) is 17.0. The molecule has 2 aromatic carbocycles. The van der Waals surface area contributed by atoms with Crippen molar-refractivity contribution in [2.45, 2.75) is 23.2 Å². The van der Waals surface area contributed by atoms with Crippen molar-refractivity contribution in [3.05, 3.63) is 65.7 Å². The normalized spacial score (nSPS) is 21.2. The first-order valence-corrected chi connectivity index (χ1v) is 11.6. The Hall–Kier alpha value is -2.75. The lowest BCUT2D eigenvalue weighted by Crippen LogP contribution is -2.41. The van der Waals surface area contributed by atoms with E-state index < -0.39 is 9.84 Å². The first-order valence-electron chi connectivity index (χ1n) is 9.96.